The molecule has 0 N–H and O–H groups in total. The van der Waals surface area contributed by atoms with Gasteiger partial charge in [0.05, 0.1) is 0 Å². The molecule has 4 aliphatic rings. The fourth-order valence-electron chi connectivity index (χ4n) is 11.7. The van der Waals surface area contributed by atoms with Crippen molar-refractivity contribution in [2.75, 3.05) is 0 Å². The summed E-state index contributed by atoms with van der Waals surface area (Å²) in [6.45, 7) is 32.4. The van der Waals surface area contributed by atoms with Gasteiger partial charge in [-0.05, 0) is 152 Å². The van der Waals surface area contributed by atoms with Gasteiger partial charge in [0, 0.05) is 28.7 Å². The van der Waals surface area contributed by atoms with Gasteiger partial charge >= 0.3 is 0 Å². The van der Waals surface area contributed by atoms with Gasteiger partial charge in [-0.3, -0.25) is 4.79 Å². The maximum absolute atomic E-state index is 14.6. The zero-order valence-corrected chi connectivity index (χ0v) is 43.1. The molecule has 0 bridgehead atoms. The molecule has 0 fully saturated rings. The van der Waals surface area contributed by atoms with Crippen molar-refractivity contribution < 1.29 is 19.0 Å². The molecule has 1 spiro atoms. The van der Waals surface area contributed by atoms with Gasteiger partial charge in [-0.25, -0.2) is 0 Å². The van der Waals surface area contributed by atoms with E-state index in [2.05, 4.69) is 90.0 Å². The minimum atomic E-state index is -0.980. The molecular weight excluding hydrogens is 761 g/mol. The Labute approximate surface area is 383 Å². The number of Topliss-reactive ketones (excluding diaryl/α,β-unsaturated/α-hetero) is 1. The topological polar surface area (TPSA) is 44.8 Å². The number of carbonyl (C=O) groups excluding carboxylic acids is 1. The van der Waals surface area contributed by atoms with E-state index in [1.165, 1.54) is 119 Å². The Kier molecular flexibility index (Phi) is 18.3. The Balaban J connectivity index is 1.18. The lowest BCUT2D eigenvalue weighted by molar-refractivity contribution is -0.131. The minimum Gasteiger partial charge on any atom is -0.487 e. The Morgan fingerprint density at radius 2 is 0.855 bits per heavy atom. The molecule has 4 nitrogen and oxygen atoms in total. The second-order valence-corrected chi connectivity index (χ2v) is 23.5. The van der Waals surface area contributed by atoms with Crippen molar-refractivity contribution in [3.63, 3.8) is 0 Å². The number of ketones is 1. The first kappa shape index (κ1) is 50.8. The smallest absolute Gasteiger partial charge is 0.206 e. The lowest BCUT2D eigenvalue weighted by Crippen LogP contribution is -2.54. The average Bonchev–Trinajstić information content (AvgIpc) is 3.21. The van der Waals surface area contributed by atoms with E-state index in [4.69, 9.17) is 14.2 Å². The standard InChI is InChI=1S/C58H96O4/c1-39(2)21-15-23-41(5)25-17-27-43(7)29-19-34-56(13)36-31-49-50-32-38-58(62-53(50)46(10)45(9)52(49)60-56)51-33-37-57(14,61-54(51)47(11)48(12)55(58)59)35-20-30-44(8)28-18-26-42(6)24-16-22-40(3)4/h39-44H,15-38H2,1-14H3/t41-,42-,43-,44-,56-,57-,58?/m1/s1. The molecule has 5 rings (SSSR count). The SMILES string of the molecule is CC1=C(C)C2=C(CC[C@@](C)(CCC[C@H](C)CCC[C@H](C)CCCC(C)C)O2)C2(CCc3c4c(c(C)c(C)c3O2)O[C@](C)(CCC[C@H](C)CCC[C@H](C)CCCC(C)C)CC4)C1=O. The van der Waals surface area contributed by atoms with E-state index >= 15 is 0 Å². The van der Waals surface area contributed by atoms with Gasteiger partial charge in [-0.2, -0.15) is 0 Å². The molecule has 0 amide bonds. The zero-order chi connectivity index (χ0) is 45.4. The van der Waals surface area contributed by atoms with Gasteiger partial charge in [-0.1, -0.05) is 145 Å². The molecule has 1 aromatic rings. The van der Waals surface area contributed by atoms with E-state index in [-0.39, 0.29) is 17.0 Å². The number of hydrogen-bond donors (Lipinski definition) is 0. The van der Waals surface area contributed by atoms with Crippen LogP contribution in [0.25, 0.3) is 0 Å². The van der Waals surface area contributed by atoms with Crippen LogP contribution in [0.4, 0.5) is 0 Å². The number of rotatable bonds is 24. The molecule has 3 heterocycles. The number of allylic oxidation sites excluding steroid dienone is 1. The molecule has 1 aromatic carbocycles. The number of hydrogen-bond acceptors (Lipinski definition) is 4. The van der Waals surface area contributed by atoms with Crippen LogP contribution in [-0.2, 0) is 22.4 Å². The van der Waals surface area contributed by atoms with Crippen LogP contribution in [0.5, 0.6) is 11.5 Å². The fraction of sp³-hybridized carbons (Fsp3) is 0.810. The molecule has 0 saturated carbocycles. The third kappa shape index (κ3) is 12.8. The van der Waals surface area contributed by atoms with Gasteiger partial charge in [0.2, 0.25) is 5.78 Å². The first-order valence-electron chi connectivity index (χ1n) is 26.5. The second kappa shape index (κ2) is 22.3. The molecule has 4 heteroatoms. The first-order chi connectivity index (χ1) is 29.3. The molecule has 3 aliphatic heterocycles. The summed E-state index contributed by atoms with van der Waals surface area (Å²) in [5.74, 6) is 7.99. The summed E-state index contributed by atoms with van der Waals surface area (Å²) in [5, 5.41) is 0. The molecule has 62 heavy (non-hydrogen) atoms. The van der Waals surface area contributed by atoms with Crippen molar-refractivity contribution in [2.24, 2.45) is 35.5 Å². The van der Waals surface area contributed by atoms with E-state index in [0.717, 1.165) is 120 Å². The van der Waals surface area contributed by atoms with Gasteiger partial charge in [0.1, 0.15) is 28.5 Å². The maximum atomic E-state index is 14.6. The Morgan fingerprint density at radius 3 is 1.32 bits per heavy atom. The fourth-order valence-corrected chi connectivity index (χ4v) is 11.7. The van der Waals surface area contributed by atoms with E-state index < -0.39 is 5.60 Å². The highest BCUT2D eigenvalue weighted by atomic mass is 16.5. The van der Waals surface area contributed by atoms with Crippen molar-refractivity contribution in [3.05, 3.63) is 44.7 Å². The number of fused-ring (bicyclic) bond motifs is 4. The van der Waals surface area contributed by atoms with Crippen molar-refractivity contribution in [3.8, 4) is 11.5 Å². The highest BCUT2D eigenvalue weighted by Crippen LogP contribution is 2.54. The van der Waals surface area contributed by atoms with E-state index in [0.29, 0.717) is 6.42 Å². The zero-order valence-electron chi connectivity index (χ0n) is 43.1. The minimum absolute atomic E-state index is 0.138. The van der Waals surface area contributed by atoms with Crippen molar-refractivity contribution in [1.82, 2.24) is 0 Å². The summed E-state index contributed by atoms with van der Waals surface area (Å²) < 4.78 is 21.4. The van der Waals surface area contributed by atoms with E-state index in [1.807, 2.05) is 6.92 Å². The summed E-state index contributed by atoms with van der Waals surface area (Å²) in [7, 11) is 0. The number of benzene rings is 1. The van der Waals surface area contributed by atoms with Crippen LogP contribution < -0.4 is 9.47 Å². The largest absolute Gasteiger partial charge is 0.487 e. The van der Waals surface area contributed by atoms with Crippen LogP contribution in [0, 0.1) is 49.4 Å². The summed E-state index contributed by atoms with van der Waals surface area (Å²) >= 11 is 0. The summed E-state index contributed by atoms with van der Waals surface area (Å²) in [5.41, 5.74) is 6.46. The highest BCUT2D eigenvalue weighted by molar-refractivity contribution is 6.07. The van der Waals surface area contributed by atoms with Crippen LogP contribution in [0.1, 0.15) is 247 Å². The van der Waals surface area contributed by atoms with Crippen molar-refractivity contribution >= 4 is 5.78 Å². The second-order valence-electron chi connectivity index (χ2n) is 23.5. The number of ether oxygens (including phenoxy) is 3. The summed E-state index contributed by atoms with van der Waals surface area (Å²) in [6, 6.07) is 0. The molecular formula is C58H96O4. The van der Waals surface area contributed by atoms with Crippen LogP contribution >= 0.6 is 0 Å². The van der Waals surface area contributed by atoms with Gasteiger partial charge in [0.25, 0.3) is 0 Å². The Morgan fingerprint density at radius 1 is 0.468 bits per heavy atom. The average molecular weight is 857 g/mol. The number of carbonyl (C=O) groups is 1. The predicted octanol–water partition coefficient (Wildman–Crippen LogP) is 17.1. The van der Waals surface area contributed by atoms with Gasteiger partial charge in [0.15, 0.2) is 5.60 Å². The molecule has 352 valence electrons. The van der Waals surface area contributed by atoms with E-state index in [1.54, 1.807) is 0 Å². The van der Waals surface area contributed by atoms with Gasteiger partial charge in [-0.15, -0.1) is 0 Å². The summed E-state index contributed by atoms with van der Waals surface area (Å²) in [4.78, 5) is 14.6. The summed E-state index contributed by atoms with van der Waals surface area (Å²) in [6.07, 6.45) is 28.8. The Bertz CT molecular complexity index is 1710. The third-order valence-corrected chi connectivity index (χ3v) is 16.6. The van der Waals surface area contributed by atoms with Crippen LogP contribution in [0.15, 0.2) is 22.5 Å². The van der Waals surface area contributed by atoms with Gasteiger partial charge < -0.3 is 14.2 Å². The van der Waals surface area contributed by atoms with Crippen LogP contribution in [0.2, 0.25) is 0 Å². The first-order valence-corrected chi connectivity index (χ1v) is 26.5. The van der Waals surface area contributed by atoms with E-state index in [9.17, 15) is 4.79 Å². The van der Waals surface area contributed by atoms with Crippen molar-refractivity contribution in [2.45, 2.75) is 268 Å². The molecule has 0 radical (unpaired) electrons. The highest BCUT2D eigenvalue weighted by Gasteiger charge is 2.55. The van der Waals surface area contributed by atoms with Crippen LogP contribution in [0.3, 0.4) is 0 Å². The molecule has 1 unspecified atom stereocenters. The molecule has 0 saturated heterocycles. The lowest BCUT2D eigenvalue weighted by Gasteiger charge is -2.49. The quantitative estimate of drug-likeness (QED) is 0.104. The normalized spacial score (nSPS) is 25.6. The monoisotopic (exact) mass is 857 g/mol. The third-order valence-electron chi connectivity index (χ3n) is 16.6. The molecule has 7 atom stereocenters. The van der Waals surface area contributed by atoms with Crippen molar-refractivity contribution in [1.29, 1.82) is 0 Å². The molecule has 1 aliphatic carbocycles. The predicted molar refractivity (Wildman–Crippen MR) is 264 cm³/mol. The van der Waals surface area contributed by atoms with Crippen LogP contribution in [-0.4, -0.2) is 22.6 Å². The maximum Gasteiger partial charge on any atom is 0.206 e. The molecule has 0 aromatic heterocycles. The lowest BCUT2D eigenvalue weighted by atomic mass is 9.69. The Hall–Kier alpha value is -2.23.